The summed E-state index contributed by atoms with van der Waals surface area (Å²) in [5.74, 6) is 0.453. The lowest BCUT2D eigenvalue weighted by atomic mass is 9.80. The Morgan fingerprint density at radius 2 is 1.25 bits per heavy atom. The predicted octanol–water partition coefficient (Wildman–Crippen LogP) is 6.19. The third kappa shape index (κ3) is 4.01. The minimum Gasteiger partial charge on any atom is -0.507 e. The van der Waals surface area contributed by atoms with Crippen LogP contribution >= 0.6 is 0 Å². The van der Waals surface area contributed by atoms with E-state index in [1.807, 2.05) is 0 Å². The molecule has 0 fully saturated rings. The van der Waals surface area contributed by atoms with Gasteiger partial charge < -0.3 is 5.11 Å². The number of phenols is 1. The first-order valence-electron chi connectivity index (χ1n) is 8.82. The third-order valence-corrected chi connectivity index (χ3v) is 4.59. The largest absolute Gasteiger partial charge is 0.507 e. The van der Waals surface area contributed by atoms with Gasteiger partial charge in [0.25, 0.3) is 0 Å². The van der Waals surface area contributed by atoms with Gasteiger partial charge in [-0.25, -0.2) is 0 Å². The average Bonchev–Trinajstić information content (AvgIpc) is 2.40. The Morgan fingerprint density at radius 1 is 0.708 bits per heavy atom. The van der Waals surface area contributed by atoms with E-state index in [1.54, 1.807) is 0 Å². The number of hydrogen-bond donors (Lipinski definition) is 1. The smallest absolute Gasteiger partial charge is 0.122 e. The normalized spacial score (nSPS) is 12.5. The Bertz CT molecular complexity index is 740. The highest BCUT2D eigenvalue weighted by molar-refractivity contribution is 5.50. The van der Waals surface area contributed by atoms with Gasteiger partial charge in [0.05, 0.1) is 0 Å². The Hall–Kier alpha value is -1.76. The zero-order valence-electron chi connectivity index (χ0n) is 16.5. The van der Waals surface area contributed by atoms with E-state index in [-0.39, 0.29) is 10.8 Å². The highest BCUT2D eigenvalue weighted by Crippen LogP contribution is 2.37. The molecular weight excluding hydrogens is 292 g/mol. The molecule has 0 saturated carbocycles. The summed E-state index contributed by atoms with van der Waals surface area (Å²) in [5, 5.41) is 10.9. The number of rotatable bonds is 2. The molecule has 0 radical (unpaired) electrons. The topological polar surface area (TPSA) is 20.2 Å². The molecule has 24 heavy (non-hydrogen) atoms. The van der Waals surface area contributed by atoms with Gasteiger partial charge in [-0.15, -0.1) is 0 Å². The van der Waals surface area contributed by atoms with Crippen molar-refractivity contribution in [3.63, 3.8) is 0 Å². The summed E-state index contributed by atoms with van der Waals surface area (Å²) in [7, 11) is 0. The lowest BCUT2D eigenvalue weighted by Crippen LogP contribution is -2.15. The van der Waals surface area contributed by atoms with Crippen LogP contribution in [0.2, 0.25) is 0 Å². The van der Waals surface area contributed by atoms with E-state index < -0.39 is 0 Å². The summed E-state index contributed by atoms with van der Waals surface area (Å²) in [4.78, 5) is 0. The van der Waals surface area contributed by atoms with Gasteiger partial charge in [-0.05, 0) is 46.9 Å². The summed E-state index contributed by atoms with van der Waals surface area (Å²) in [6, 6.07) is 10.9. The van der Waals surface area contributed by atoms with Crippen LogP contribution in [0.1, 0.15) is 74.9 Å². The van der Waals surface area contributed by atoms with Gasteiger partial charge >= 0.3 is 0 Å². The highest BCUT2D eigenvalue weighted by atomic mass is 16.3. The number of aryl methyl sites for hydroxylation is 2. The second kappa shape index (κ2) is 6.27. The van der Waals surface area contributed by atoms with Gasteiger partial charge in [0.15, 0.2) is 0 Å². The van der Waals surface area contributed by atoms with Crippen LogP contribution in [-0.4, -0.2) is 5.11 Å². The van der Waals surface area contributed by atoms with Crippen molar-refractivity contribution in [2.45, 2.75) is 72.6 Å². The molecule has 0 saturated heterocycles. The van der Waals surface area contributed by atoms with Crippen molar-refractivity contribution in [1.82, 2.24) is 0 Å². The minimum absolute atomic E-state index is 0.0652. The van der Waals surface area contributed by atoms with Crippen molar-refractivity contribution in [2.75, 3.05) is 0 Å². The molecule has 2 aromatic carbocycles. The first kappa shape index (κ1) is 18.6. The van der Waals surface area contributed by atoms with Crippen LogP contribution in [-0.2, 0) is 17.3 Å². The molecule has 2 rings (SSSR count). The maximum Gasteiger partial charge on any atom is 0.122 e. The van der Waals surface area contributed by atoms with Gasteiger partial charge in [0, 0.05) is 6.42 Å². The molecule has 0 amide bonds. The molecule has 1 heteroatoms. The van der Waals surface area contributed by atoms with Crippen molar-refractivity contribution in [1.29, 1.82) is 0 Å². The van der Waals surface area contributed by atoms with Gasteiger partial charge in [-0.3, -0.25) is 0 Å². The van der Waals surface area contributed by atoms with E-state index in [2.05, 4.69) is 85.7 Å². The number of benzene rings is 2. The quantitative estimate of drug-likeness (QED) is 0.698. The summed E-state index contributed by atoms with van der Waals surface area (Å²) >= 11 is 0. The summed E-state index contributed by atoms with van der Waals surface area (Å²) in [5.41, 5.74) is 7.21. The summed E-state index contributed by atoms with van der Waals surface area (Å²) in [6.45, 7) is 17.4. The zero-order chi connectivity index (χ0) is 18.3. The highest BCUT2D eigenvalue weighted by Gasteiger charge is 2.23. The van der Waals surface area contributed by atoms with E-state index in [1.165, 1.54) is 22.3 Å². The van der Waals surface area contributed by atoms with E-state index in [4.69, 9.17) is 0 Å². The monoisotopic (exact) mass is 324 g/mol. The minimum atomic E-state index is -0.0652. The fourth-order valence-electron chi connectivity index (χ4n) is 3.37. The molecule has 130 valence electrons. The van der Waals surface area contributed by atoms with E-state index in [0.29, 0.717) is 5.75 Å². The molecule has 1 N–H and O–H groups in total. The summed E-state index contributed by atoms with van der Waals surface area (Å²) < 4.78 is 0. The second-order valence-corrected chi connectivity index (χ2v) is 9.16. The van der Waals surface area contributed by atoms with Crippen molar-refractivity contribution in [3.8, 4) is 5.75 Å². The molecule has 1 nitrogen and oxygen atoms in total. The Kier molecular flexibility index (Phi) is 4.86. The average molecular weight is 325 g/mol. The van der Waals surface area contributed by atoms with Gasteiger partial charge in [-0.2, -0.15) is 0 Å². The van der Waals surface area contributed by atoms with Crippen molar-refractivity contribution < 1.29 is 5.11 Å². The summed E-state index contributed by atoms with van der Waals surface area (Å²) in [6.07, 6.45) is 0.769. The van der Waals surface area contributed by atoms with Gasteiger partial charge in [-0.1, -0.05) is 83.0 Å². The van der Waals surface area contributed by atoms with E-state index in [0.717, 1.165) is 17.5 Å². The molecule has 0 aliphatic carbocycles. The third-order valence-electron chi connectivity index (χ3n) is 4.59. The first-order chi connectivity index (χ1) is 10.9. The van der Waals surface area contributed by atoms with E-state index >= 15 is 0 Å². The van der Waals surface area contributed by atoms with Crippen molar-refractivity contribution >= 4 is 0 Å². The number of phenolic OH excluding ortho intramolecular Hbond substituents is 1. The molecule has 0 aliphatic heterocycles. The maximum atomic E-state index is 10.9. The molecule has 2 aromatic rings. The zero-order valence-corrected chi connectivity index (χ0v) is 16.5. The van der Waals surface area contributed by atoms with Crippen LogP contribution in [0, 0.1) is 13.8 Å². The SMILES string of the molecule is Cc1ccc(C(C)(C)C)c(Cc2cc(C)cc(C(C)(C)C)c2O)c1. The molecule has 0 spiro atoms. The lowest BCUT2D eigenvalue weighted by Gasteiger charge is -2.26. The fraction of sp³-hybridized carbons (Fsp3) is 0.478. The van der Waals surface area contributed by atoms with Gasteiger partial charge in [0.2, 0.25) is 0 Å². The first-order valence-corrected chi connectivity index (χ1v) is 8.82. The van der Waals surface area contributed by atoms with Crippen LogP contribution < -0.4 is 0 Å². The molecule has 0 heterocycles. The van der Waals surface area contributed by atoms with Crippen LogP contribution in [0.5, 0.6) is 5.75 Å². The lowest BCUT2D eigenvalue weighted by molar-refractivity contribution is 0.441. The Labute approximate surface area is 147 Å². The van der Waals surface area contributed by atoms with E-state index in [9.17, 15) is 5.11 Å². The molecule has 0 unspecified atom stereocenters. The van der Waals surface area contributed by atoms with Crippen LogP contribution in [0.3, 0.4) is 0 Å². The van der Waals surface area contributed by atoms with Crippen LogP contribution in [0.15, 0.2) is 30.3 Å². The maximum absolute atomic E-state index is 10.9. The molecule has 0 aromatic heterocycles. The van der Waals surface area contributed by atoms with Crippen LogP contribution in [0.25, 0.3) is 0 Å². The Morgan fingerprint density at radius 3 is 1.79 bits per heavy atom. The van der Waals surface area contributed by atoms with Crippen molar-refractivity contribution in [2.24, 2.45) is 0 Å². The Balaban J connectivity index is 2.57. The van der Waals surface area contributed by atoms with Crippen molar-refractivity contribution in [3.05, 3.63) is 63.7 Å². The number of hydrogen-bond acceptors (Lipinski definition) is 1. The number of aromatic hydroxyl groups is 1. The predicted molar refractivity (Wildman–Crippen MR) is 104 cm³/mol. The van der Waals surface area contributed by atoms with Crippen LogP contribution in [0.4, 0.5) is 0 Å². The molecular formula is C23H32O. The fourth-order valence-corrected chi connectivity index (χ4v) is 3.37. The second-order valence-electron chi connectivity index (χ2n) is 9.16. The molecule has 0 atom stereocenters. The molecule has 0 aliphatic rings. The standard InChI is InChI=1S/C23H32O/c1-15-9-10-19(22(3,4)5)17(11-15)14-18-12-16(2)13-20(21(18)24)23(6,7)8/h9-13,24H,14H2,1-8H3. The molecule has 0 bridgehead atoms. The van der Waals surface area contributed by atoms with Gasteiger partial charge in [0.1, 0.15) is 5.75 Å².